The van der Waals surface area contributed by atoms with Gasteiger partial charge >= 0.3 is 5.97 Å². The number of rotatable bonds is 5. The predicted molar refractivity (Wildman–Crippen MR) is 121 cm³/mol. The van der Waals surface area contributed by atoms with Crippen LogP contribution in [0.25, 0.3) is 10.8 Å². The Balaban J connectivity index is 1.68. The van der Waals surface area contributed by atoms with Crippen LogP contribution >= 0.6 is 11.8 Å². The topological polar surface area (TPSA) is 46.6 Å². The molecule has 154 valence electrons. The van der Waals surface area contributed by atoms with Gasteiger partial charge in [-0.2, -0.15) is 0 Å². The smallest absolute Gasteiger partial charge is 0.329 e. The van der Waals surface area contributed by atoms with E-state index in [1.54, 1.807) is 16.7 Å². The lowest BCUT2D eigenvalue weighted by Gasteiger charge is -2.29. The van der Waals surface area contributed by atoms with Gasteiger partial charge in [-0.05, 0) is 34.4 Å². The fraction of sp³-hybridized carbons (Fsp3) is 0.280. The van der Waals surface area contributed by atoms with Crippen LogP contribution in [0.15, 0.2) is 72.8 Å². The van der Waals surface area contributed by atoms with Crippen LogP contribution in [0.1, 0.15) is 35.1 Å². The van der Waals surface area contributed by atoms with E-state index in [2.05, 4.69) is 0 Å². The van der Waals surface area contributed by atoms with Gasteiger partial charge in [0.15, 0.2) is 0 Å². The summed E-state index contributed by atoms with van der Waals surface area (Å²) in [4.78, 5) is 28.2. The maximum absolute atomic E-state index is 13.6. The summed E-state index contributed by atoms with van der Waals surface area (Å²) in [6.45, 7) is 4.36. The zero-order valence-electron chi connectivity index (χ0n) is 17.2. The van der Waals surface area contributed by atoms with E-state index < -0.39 is 6.04 Å². The van der Waals surface area contributed by atoms with Crippen molar-refractivity contribution in [1.29, 1.82) is 0 Å². The van der Waals surface area contributed by atoms with Gasteiger partial charge in [0.1, 0.15) is 11.4 Å². The van der Waals surface area contributed by atoms with Gasteiger partial charge in [0.05, 0.1) is 6.61 Å². The Bertz CT molecular complexity index is 1050. The van der Waals surface area contributed by atoms with Crippen molar-refractivity contribution in [2.75, 3.05) is 12.4 Å². The number of carbonyl (C=O) groups excluding carboxylic acids is 2. The highest BCUT2D eigenvalue weighted by Gasteiger charge is 2.43. The molecule has 3 aromatic rings. The predicted octanol–water partition coefficient (Wildman–Crippen LogP) is 5.30. The highest BCUT2D eigenvalue weighted by atomic mass is 32.2. The number of hydrogen-bond donors (Lipinski definition) is 0. The first kappa shape index (κ1) is 20.5. The fourth-order valence-electron chi connectivity index (χ4n) is 3.63. The number of ether oxygens (including phenoxy) is 1. The lowest BCUT2D eigenvalue weighted by Crippen LogP contribution is -2.44. The summed E-state index contributed by atoms with van der Waals surface area (Å²) in [6, 6.07) is 22.9. The van der Waals surface area contributed by atoms with Crippen molar-refractivity contribution in [2.45, 2.75) is 25.3 Å². The molecule has 0 aliphatic carbocycles. The molecule has 0 radical (unpaired) electrons. The third-order valence-electron chi connectivity index (χ3n) is 5.15. The Kier molecular flexibility index (Phi) is 6.09. The Morgan fingerprint density at radius 1 is 1.00 bits per heavy atom. The molecule has 0 spiro atoms. The Morgan fingerprint density at radius 2 is 1.70 bits per heavy atom. The summed E-state index contributed by atoms with van der Waals surface area (Å²) in [5.41, 5.74) is 1.59. The number of carbonyl (C=O) groups is 2. The minimum atomic E-state index is -0.599. The highest BCUT2D eigenvalue weighted by molar-refractivity contribution is 7.99. The van der Waals surface area contributed by atoms with Crippen molar-refractivity contribution in [3.05, 3.63) is 83.9 Å². The minimum absolute atomic E-state index is 0.147. The molecule has 0 bridgehead atoms. The Hall–Kier alpha value is -2.79. The normalized spacial score (nSPS) is 18.7. The Morgan fingerprint density at radius 3 is 2.43 bits per heavy atom. The number of amides is 1. The Labute approximate surface area is 181 Å². The lowest BCUT2D eigenvalue weighted by molar-refractivity contribution is -0.149. The molecule has 5 heteroatoms. The maximum atomic E-state index is 13.6. The van der Waals surface area contributed by atoms with Gasteiger partial charge in [0.25, 0.3) is 5.91 Å². The largest absolute Gasteiger partial charge is 0.464 e. The highest BCUT2D eigenvalue weighted by Crippen LogP contribution is 2.42. The number of thioether (sulfide) groups is 1. The van der Waals surface area contributed by atoms with Gasteiger partial charge in [-0.3, -0.25) is 4.79 Å². The third kappa shape index (κ3) is 4.21. The molecular formula is C25H25NO3S. The zero-order valence-corrected chi connectivity index (χ0v) is 18.0. The number of esters is 1. The first-order valence-electron chi connectivity index (χ1n) is 10.2. The average molecular weight is 420 g/mol. The summed E-state index contributed by atoms with van der Waals surface area (Å²) in [5, 5.41) is 1.87. The lowest BCUT2D eigenvalue weighted by atomic mass is 10.0. The SMILES string of the molecule is CC(C)COC(=O)C1CSC(c2ccccc2)N1C(=O)c1ccc2ccccc2c1. The van der Waals surface area contributed by atoms with Crippen LogP contribution in [0, 0.1) is 5.92 Å². The second kappa shape index (κ2) is 8.92. The van der Waals surface area contributed by atoms with E-state index in [0.29, 0.717) is 17.9 Å². The van der Waals surface area contributed by atoms with Gasteiger partial charge in [-0.25, -0.2) is 4.79 Å². The first-order chi connectivity index (χ1) is 14.5. The summed E-state index contributed by atoms with van der Waals surface area (Å²) < 4.78 is 5.51. The van der Waals surface area contributed by atoms with Crippen LogP contribution in [-0.2, 0) is 9.53 Å². The monoisotopic (exact) mass is 419 g/mol. The van der Waals surface area contributed by atoms with Crippen molar-refractivity contribution >= 4 is 34.4 Å². The molecule has 2 unspecified atom stereocenters. The standard InChI is InChI=1S/C25H25NO3S/c1-17(2)15-29-25(28)22-16-30-24(19-9-4-3-5-10-19)26(22)23(27)21-13-12-18-8-6-7-11-20(18)14-21/h3-14,17,22,24H,15-16H2,1-2H3. The summed E-state index contributed by atoms with van der Waals surface area (Å²) in [7, 11) is 0. The molecule has 4 nitrogen and oxygen atoms in total. The van der Waals surface area contributed by atoms with E-state index in [1.165, 1.54) is 0 Å². The van der Waals surface area contributed by atoms with Crippen molar-refractivity contribution in [1.82, 2.24) is 4.90 Å². The van der Waals surface area contributed by atoms with Crippen molar-refractivity contribution in [3.63, 3.8) is 0 Å². The molecule has 2 atom stereocenters. The van der Waals surface area contributed by atoms with Gasteiger partial charge in [0.2, 0.25) is 0 Å². The molecule has 1 amide bonds. The van der Waals surface area contributed by atoms with E-state index in [-0.39, 0.29) is 23.2 Å². The number of benzene rings is 3. The van der Waals surface area contributed by atoms with Crippen LogP contribution in [0.4, 0.5) is 0 Å². The molecule has 30 heavy (non-hydrogen) atoms. The molecule has 4 rings (SSSR count). The van der Waals surface area contributed by atoms with Crippen LogP contribution in [0.3, 0.4) is 0 Å². The van der Waals surface area contributed by atoms with Crippen LogP contribution < -0.4 is 0 Å². The molecule has 1 heterocycles. The van der Waals surface area contributed by atoms with E-state index >= 15 is 0 Å². The summed E-state index contributed by atoms with van der Waals surface area (Å²) in [5.74, 6) is 0.294. The van der Waals surface area contributed by atoms with E-state index in [9.17, 15) is 9.59 Å². The van der Waals surface area contributed by atoms with E-state index in [4.69, 9.17) is 4.74 Å². The first-order valence-corrected chi connectivity index (χ1v) is 11.2. The van der Waals surface area contributed by atoms with Crippen LogP contribution in [0.2, 0.25) is 0 Å². The summed E-state index contributed by atoms with van der Waals surface area (Å²) in [6.07, 6.45) is 0. The van der Waals surface area contributed by atoms with E-state index in [0.717, 1.165) is 16.3 Å². The molecule has 1 aliphatic heterocycles. The quantitative estimate of drug-likeness (QED) is 0.527. The molecule has 1 saturated heterocycles. The molecule has 0 saturated carbocycles. The number of nitrogens with zero attached hydrogens (tertiary/aromatic N) is 1. The molecule has 1 aliphatic rings. The van der Waals surface area contributed by atoms with Crippen molar-refractivity contribution in [3.8, 4) is 0 Å². The van der Waals surface area contributed by atoms with Crippen molar-refractivity contribution < 1.29 is 14.3 Å². The fourth-order valence-corrected chi connectivity index (χ4v) is 5.04. The second-order valence-electron chi connectivity index (χ2n) is 7.91. The molecule has 0 N–H and O–H groups in total. The third-order valence-corrected chi connectivity index (χ3v) is 6.47. The van der Waals surface area contributed by atoms with Gasteiger partial charge in [0, 0.05) is 11.3 Å². The molecule has 1 fully saturated rings. The van der Waals surface area contributed by atoms with Gasteiger partial charge in [-0.1, -0.05) is 74.5 Å². The number of fused-ring (bicyclic) bond motifs is 1. The van der Waals surface area contributed by atoms with E-state index in [1.807, 2.05) is 86.6 Å². The van der Waals surface area contributed by atoms with Crippen LogP contribution in [-0.4, -0.2) is 35.2 Å². The average Bonchev–Trinajstić information content (AvgIpc) is 3.22. The minimum Gasteiger partial charge on any atom is -0.464 e. The molecule has 3 aromatic carbocycles. The van der Waals surface area contributed by atoms with Crippen molar-refractivity contribution in [2.24, 2.45) is 5.92 Å². The molecular weight excluding hydrogens is 394 g/mol. The second-order valence-corrected chi connectivity index (χ2v) is 9.02. The van der Waals surface area contributed by atoms with Crippen LogP contribution in [0.5, 0.6) is 0 Å². The van der Waals surface area contributed by atoms with Gasteiger partial charge < -0.3 is 9.64 Å². The summed E-state index contributed by atoms with van der Waals surface area (Å²) >= 11 is 1.61. The zero-order chi connectivity index (χ0) is 21.1. The van der Waals surface area contributed by atoms with Gasteiger partial charge in [-0.15, -0.1) is 11.8 Å². The number of hydrogen-bond acceptors (Lipinski definition) is 4. The maximum Gasteiger partial charge on any atom is 0.329 e. The molecule has 0 aromatic heterocycles.